The summed E-state index contributed by atoms with van der Waals surface area (Å²) in [6.45, 7) is 0.492. The summed E-state index contributed by atoms with van der Waals surface area (Å²) in [6, 6.07) is 6.17. The number of hydrogen-bond donors (Lipinski definition) is 1. The Hall–Kier alpha value is -1.13. The van der Waals surface area contributed by atoms with E-state index >= 15 is 0 Å². The SMILES string of the molecule is NOCCOc1ccccc1F. The van der Waals surface area contributed by atoms with Crippen molar-refractivity contribution in [3.8, 4) is 5.75 Å². The Morgan fingerprint density at radius 1 is 1.25 bits per heavy atom. The quantitative estimate of drug-likeness (QED) is 0.545. The molecule has 0 bridgehead atoms. The molecule has 1 aromatic rings. The van der Waals surface area contributed by atoms with Gasteiger partial charge in [0.2, 0.25) is 0 Å². The van der Waals surface area contributed by atoms with Crippen molar-refractivity contribution in [1.29, 1.82) is 0 Å². The van der Waals surface area contributed by atoms with Gasteiger partial charge in [0.25, 0.3) is 0 Å². The summed E-state index contributed by atoms with van der Waals surface area (Å²) >= 11 is 0. The maximum Gasteiger partial charge on any atom is 0.165 e. The molecule has 0 heterocycles. The van der Waals surface area contributed by atoms with Crippen molar-refractivity contribution in [2.45, 2.75) is 0 Å². The Bertz CT molecular complexity index is 242. The van der Waals surface area contributed by atoms with Gasteiger partial charge in [-0.05, 0) is 12.1 Å². The zero-order valence-corrected chi connectivity index (χ0v) is 6.50. The number of ether oxygens (including phenoxy) is 1. The average Bonchev–Trinajstić information content (AvgIpc) is 2.09. The van der Waals surface area contributed by atoms with Crippen LogP contribution in [0.1, 0.15) is 0 Å². The molecule has 3 nitrogen and oxygen atoms in total. The summed E-state index contributed by atoms with van der Waals surface area (Å²) in [5.41, 5.74) is 0. The molecule has 0 aliphatic carbocycles. The third kappa shape index (κ3) is 2.48. The second kappa shape index (κ2) is 4.69. The highest BCUT2D eigenvalue weighted by molar-refractivity contribution is 5.23. The fraction of sp³-hybridized carbons (Fsp3) is 0.250. The zero-order chi connectivity index (χ0) is 8.81. The Kier molecular flexibility index (Phi) is 3.50. The van der Waals surface area contributed by atoms with Crippen LogP contribution in [0.4, 0.5) is 4.39 Å². The second-order valence-corrected chi connectivity index (χ2v) is 2.15. The van der Waals surface area contributed by atoms with Crippen molar-refractivity contribution in [2.75, 3.05) is 13.2 Å². The highest BCUT2D eigenvalue weighted by Crippen LogP contribution is 2.14. The van der Waals surface area contributed by atoms with E-state index in [4.69, 9.17) is 10.6 Å². The van der Waals surface area contributed by atoms with Crippen molar-refractivity contribution in [2.24, 2.45) is 5.90 Å². The van der Waals surface area contributed by atoms with Gasteiger partial charge in [-0.15, -0.1) is 0 Å². The summed E-state index contributed by atoms with van der Waals surface area (Å²) in [6.07, 6.45) is 0. The number of benzene rings is 1. The maximum absolute atomic E-state index is 12.8. The van der Waals surface area contributed by atoms with Crippen LogP contribution in [-0.4, -0.2) is 13.2 Å². The highest BCUT2D eigenvalue weighted by Gasteiger charge is 1.99. The lowest BCUT2D eigenvalue weighted by Crippen LogP contribution is -2.10. The molecule has 12 heavy (non-hydrogen) atoms. The average molecular weight is 171 g/mol. The summed E-state index contributed by atoms with van der Waals surface area (Å²) in [4.78, 5) is 4.26. The lowest BCUT2D eigenvalue weighted by Gasteiger charge is -2.04. The van der Waals surface area contributed by atoms with Crippen LogP contribution in [0.2, 0.25) is 0 Å². The van der Waals surface area contributed by atoms with E-state index in [1.54, 1.807) is 18.2 Å². The minimum Gasteiger partial charge on any atom is -0.488 e. The van der Waals surface area contributed by atoms with Crippen LogP contribution < -0.4 is 10.6 Å². The van der Waals surface area contributed by atoms with Crippen LogP contribution >= 0.6 is 0 Å². The first-order valence-electron chi connectivity index (χ1n) is 3.53. The number of hydrogen-bond acceptors (Lipinski definition) is 3. The fourth-order valence-electron chi connectivity index (χ4n) is 0.762. The minimum atomic E-state index is -0.380. The van der Waals surface area contributed by atoms with Gasteiger partial charge in [-0.2, -0.15) is 0 Å². The number of rotatable bonds is 4. The summed E-state index contributed by atoms with van der Waals surface area (Å²) in [7, 11) is 0. The van der Waals surface area contributed by atoms with E-state index in [0.717, 1.165) is 0 Å². The standard InChI is InChI=1S/C8H10FNO2/c9-7-3-1-2-4-8(7)11-5-6-12-10/h1-4H,5-6,10H2. The van der Waals surface area contributed by atoms with Crippen LogP contribution in [0.25, 0.3) is 0 Å². The number of nitrogens with two attached hydrogens (primary N) is 1. The van der Waals surface area contributed by atoms with Crippen LogP contribution in [0.3, 0.4) is 0 Å². The first kappa shape index (κ1) is 8.96. The van der Waals surface area contributed by atoms with Crippen LogP contribution in [0.15, 0.2) is 24.3 Å². The molecule has 66 valence electrons. The smallest absolute Gasteiger partial charge is 0.165 e. The van der Waals surface area contributed by atoms with Gasteiger partial charge >= 0.3 is 0 Å². The van der Waals surface area contributed by atoms with Gasteiger partial charge in [-0.1, -0.05) is 12.1 Å². The van der Waals surface area contributed by atoms with Gasteiger partial charge in [-0.25, -0.2) is 10.3 Å². The van der Waals surface area contributed by atoms with Crippen LogP contribution in [-0.2, 0) is 4.84 Å². The van der Waals surface area contributed by atoms with Gasteiger partial charge in [0.15, 0.2) is 11.6 Å². The van der Waals surface area contributed by atoms with Crippen molar-refractivity contribution >= 4 is 0 Å². The topological polar surface area (TPSA) is 44.5 Å². The normalized spacial score (nSPS) is 9.83. The molecule has 4 heteroatoms. The molecule has 0 unspecified atom stereocenters. The molecule has 0 amide bonds. The molecular weight excluding hydrogens is 161 g/mol. The van der Waals surface area contributed by atoms with E-state index in [-0.39, 0.29) is 24.8 Å². The van der Waals surface area contributed by atoms with E-state index in [9.17, 15) is 4.39 Å². The van der Waals surface area contributed by atoms with Gasteiger partial charge in [0.1, 0.15) is 13.2 Å². The van der Waals surface area contributed by atoms with E-state index in [0.29, 0.717) is 0 Å². The molecule has 0 spiro atoms. The molecule has 0 atom stereocenters. The summed E-state index contributed by atoms with van der Waals surface area (Å²) in [5.74, 6) is 4.59. The fourth-order valence-corrected chi connectivity index (χ4v) is 0.762. The summed E-state index contributed by atoms with van der Waals surface area (Å²) in [5, 5.41) is 0. The summed E-state index contributed by atoms with van der Waals surface area (Å²) < 4.78 is 17.8. The van der Waals surface area contributed by atoms with Crippen LogP contribution in [0.5, 0.6) is 5.75 Å². The molecule has 0 aliphatic rings. The Morgan fingerprint density at radius 2 is 2.00 bits per heavy atom. The zero-order valence-electron chi connectivity index (χ0n) is 6.50. The lowest BCUT2D eigenvalue weighted by molar-refractivity contribution is 0.100. The number of para-hydroxylation sites is 1. The highest BCUT2D eigenvalue weighted by atomic mass is 19.1. The van der Waals surface area contributed by atoms with Gasteiger partial charge in [0.05, 0.1) is 0 Å². The first-order valence-corrected chi connectivity index (χ1v) is 3.53. The Balaban J connectivity index is 2.46. The first-order chi connectivity index (χ1) is 5.84. The van der Waals surface area contributed by atoms with Crippen molar-refractivity contribution in [3.63, 3.8) is 0 Å². The Labute approximate surface area is 69.8 Å². The largest absolute Gasteiger partial charge is 0.488 e. The molecule has 1 aromatic carbocycles. The molecular formula is C8H10FNO2. The van der Waals surface area contributed by atoms with Gasteiger partial charge in [-0.3, -0.25) is 0 Å². The predicted octanol–water partition coefficient (Wildman–Crippen LogP) is 1.09. The third-order valence-corrected chi connectivity index (χ3v) is 1.30. The van der Waals surface area contributed by atoms with Gasteiger partial charge in [0, 0.05) is 0 Å². The Morgan fingerprint density at radius 3 is 2.67 bits per heavy atom. The van der Waals surface area contributed by atoms with Crippen molar-refractivity contribution in [1.82, 2.24) is 0 Å². The molecule has 0 aromatic heterocycles. The van der Waals surface area contributed by atoms with Crippen LogP contribution in [0, 0.1) is 5.82 Å². The van der Waals surface area contributed by atoms with Crippen molar-refractivity contribution in [3.05, 3.63) is 30.1 Å². The maximum atomic E-state index is 12.8. The molecule has 0 saturated carbocycles. The predicted molar refractivity (Wildman–Crippen MR) is 42.0 cm³/mol. The van der Waals surface area contributed by atoms with E-state index in [2.05, 4.69) is 4.84 Å². The molecule has 0 fully saturated rings. The molecule has 0 radical (unpaired) electrons. The lowest BCUT2D eigenvalue weighted by atomic mass is 10.3. The number of halogens is 1. The molecule has 2 N–H and O–H groups in total. The molecule has 0 saturated heterocycles. The van der Waals surface area contributed by atoms with Gasteiger partial charge < -0.3 is 9.57 Å². The third-order valence-electron chi connectivity index (χ3n) is 1.30. The second-order valence-electron chi connectivity index (χ2n) is 2.15. The van der Waals surface area contributed by atoms with E-state index < -0.39 is 0 Å². The molecule has 0 aliphatic heterocycles. The minimum absolute atomic E-state index is 0.217. The van der Waals surface area contributed by atoms with E-state index in [1.807, 2.05) is 0 Å². The van der Waals surface area contributed by atoms with E-state index in [1.165, 1.54) is 6.07 Å². The monoisotopic (exact) mass is 171 g/mol. The molecule has 1 rings (SSSR count). The van der Waals surface area contributed by atoms with Crippen molar-refractivity contribution < 1.29 is 14.0 Å².